The van der Waals surface area contributed by atoms with Gasteiger partial charge in [-0.3, -0.25) is 4.79 Å². The number of ketones is 1. The molecule has 0 aliphatic carbocycles. The van der Waals surface area contributed by atoms with Crippen LogP contribution in [0.15, 0.2) is 35.7 Å². The van der Waals surface area contributed by atoms with E-state index in [9.17, 15) is 4.79 Å². The minimum Gasteiger partial charge on any atom is -0.493 e. The summed E-state index contributed by atoms with van der Waals surface area (Å²) < 4.78 is 11.0. The number of thiophene rings is 1. The molecule has 0 amide bonds. The summed E-state index contributed by atoms with van der Waals surface area (Å²) in [6.45, 7) is 3.96. The molecule has 21 heavy (non-hydrogen) atoms. The summed E-state index contributed by atoms with van der Waals surface area (Å²) in [5.41, 5.74) is 1.08. The van der Waals surface area contributed by atoms with Crippen LogP contribution in [0.1, 0.15) is 35.5 Å². The Morgan fingerprint density at radius 3 is 2.67 bits per heavy atom. The van der Waals surface area contributed by atoms with Crippen molar-refractivity contribution in [2.45, 2.75) is 32.8 Å². The van der Waals surface area contributed by atoms with E-state index < -0.39 is 0 Å². The van der Waals surface area contributed by atoms with E-state index in [2.05, 4.69) is 0 Å². The average molecular weight is 304 g/mol. The summed E-state index contributed by atoms with van der Waals surface area (Å²) in [5, 5.41) is 1.93. The van der Waals surface area contributed by atoms with E-state index in [0.29, 0.717) is 12.8 Å². The second-order valence-electron chi connectivity index (χ2n) is 5.05. The van der Waals surface area contributed by atoms with E-state index in [4.69, 9.17) is 9.47 Å². The molecular formula is C17H20O3S. The number of hydrogen-bond acceptors (Lipinski definition) is 4. The molecule has 0 aliphatic heterocycles. The van der Waals surface area contributed by atoms with Crippen LogP contribution in [0.5, 0.6) is 11.5 Å². The molecule has 1 aromatic heterocycles. The van der Waals surface area contributed by atoms with Crippen molar-refractivity contribution >= 4 is 17.1 Å². The van der Waals surface area contributed by atoms with Crippen LogP contribution in [0.4, 0.5) is 0 Å². The van der Waals surface area contributed by atoms with Crippen LogP contribution in [-0.4, -0.2) is 19.0 Å². The number of benzene rings is 1. The number of ether oxygens (including phenoxy) is 2. The van der Waals surface area contributed by atoms with Crippen LogP contribution >= 0.6 is 11.3 Å². The average Bonchev–Trinajstić information content (AvgIpc) is 2.98. The van der Waals surface area contributed by atoms with Gasteiger partial charge in [-0.25, -0.2) is 0 Å². The molecule has 2 aromatic rings. The molecule has 0 unspecified atom stereocenters. The van der Waals surface area contributed by atoms with Crippen LogP contribution in [0.25, 0.3) is 0 Å². The lowest BCUT2D eigenvalue weighted by atomic mass is 10.1. The lowest BCUT2D eigenvalue weighted by Crippen LogP contribution is -2.07. The van der Waals surface area contributed by atoms with Gasteiger partial charge in [-0.2, -0.15) is 0 Å². The standard InChI is InChI=1S/C17H20O3S/c1-12(2)20-16-11-13(7-9-15(16)19-3)6-8-14(18)17-5-4-10-21-17/h4-5,7,9-12H,6,8H2,1-3H3. The summed E-state index contributed by atoms with van der Waals surface area (Å²) >= 11 is 1.49. The Morgan fingerprint density at radius 1 is 1.24 bits per heavy atom. The smallest absolute Gasteiger partial charge is 0.173 e. The minimum atomic E-state index is 0.0851. The van der Waals surface area contributed by atoms with Crippen molar-refractivity contribution in [3.8, 4) is 11.5 Å². The van der Waals surface area contributed by atoms with Gasteiger partial charge >= 0.3 is 0 Å². The van der Waals surface area contributed by atoms with E-state index in [1.165, 1.54) is 11.3 Å². The van der Waals surface area contributed by atoms with Gasteiger partial charge in [0.25, 0.3) is 0 Å². The Labute approximate surface area is 129 Å². The monoisotopic (exact) mass is 304 g/mol. The largest absolute Gasteiger partial charge is 0.493 e. The van der Waals surface area contributed by atoms with Gasteiger partial charge in [0.05, 0.1) is 18.1 Å². The van der Waals surface area contributed by atoms with Crippen LogP contribution < -0.4 is 9.47 Å². The molecule has 0 radical (unpaired) electrons. The normalized spacial score (nSPS) is 10.7. The Balaban J connectivity index is 2.04. The molecule has 4 heteroatoms. The van der Waals surface area contributed by atoms with E-state index in [1.54, 1.807) is 7.11 Å². The van der Waals surface area contributed by atoms with Gasteiger partial charge in [-0.1, -0.05) is 12.1 Å². The lowest BCUT2D eigenvalue weighted by Gasteiger charge is -2.14. The number of hydrogen-bond donors (Lipinski definition) is 0. The van der Waals surface area contributed by atoms with Crippen molar-refractivity contribution in [2.75, 3.05) is 7.11 Å². The van der Waals surface area contributed by atoms with Gasteiger partial charge in [0.15, 0.2) is 17.3 Å². The number of Topliss-reactive ketones (excluding diaryl/α,β-unsaturated/α-hetero) is 1. The highest BCUT2D eigenvalue weighted by Crippen LogP contribution is 2.29. The number of carbonyl (C=O) groups is 1. The van der Waals surface area contributed by atoms with Gasteiger partial charge in [-0.15, -0.1) is 11.3 Å². The zero-order chi connectivity index (χ0) is 15.2. The van der Waals surface area contributed by atoms with Gasteiger partial charge in [0.2, 0.25) is 0 Å². The van der Waals surface area contributed by atoms with Crippen molar-refractivity contribution < 1.29 is 14.3 Å². The predicted octanol–water partition coefficient (Wildman–Crippen LogP) is 4.36. The first-order chi connectivity index (χ1) is 10.1. The molecule has 112 valence electrons. The molecule has 2 rings (SSSR count). The molecule has 1 heterocycles. The summed E-state index contributed by atoms with van der Waals surface area (Å²) in [4.78, 5) is 12.8. The Morgan fingerprint density at radius 2 is 2.05 bits per heavy atom. The maximum atomic E-state index is 12.0. The van der Waals surface area contributed by atoms with Crippen LogP contribution in [0, 0.1) is 0 Å². The Hall–Kier alpha value is -1.81. The minimum absolute atomic E-state index is 0.0851. The first-order valence-electron chi connectivity index (χ1n) is 7.00. The van der Waals surface area contributed by atoms with Crippen LogP contribution in [0.2, 0.25) is 0 Å². The maximum absolute atomic E-state index is 12.0. The third-order valence-electron chi connectivity index (χ3n) is 3.03. The van der Waals surface area contributed by atoms with Crippen LogP contribution in [-0.2, 0) is 6.42 Å². The van der Waals surface area contributed by atoms with E-state index >= 15 is 0 Å². The number of rotatable bonds is 7. The highest BCUT2D eigenvalue weighted by molar-refractivity contribution is 7.12. The predicted molar refractivity (Wildman–Crippen MR) is 85.7 cm³/mol. The third-order valence-corrected chi connectivity index (χ3v) is 3.94. The molecule has 0 aliphatic rings. The number of aryl methyl sites for hydroxylation is 1. The second-order valence-corrected chi connectivity index (χ2v) is 6.00. The maximum Gasteiger partial charge on any atom is 0.173 e. The fourth-order valence-corrected chi connectivity index (χ4v) is 2.74. The van der Waals surface area contributed by atoms with E-state index in [0.717, 1.165) is 21.9 Å². The van der Waals surface area contributed by atoms with E-state index in [-0.39, 0.29) is 11.9 Å². The summed E-state index contributed by atoms with van der Waals surface area (Å²) in [6, 6.07) is 9.60. The van der Waals surface area contributed by atoms with E-state index in [1.807, 2.05) is 49.6 Å². The second kappa shape index (κ2) is 7.27. The molecule has 0 spiro atoms. The molecular weight excluding hydrogens is 284 g/mol. The molecule has 0 atom stereocenters. The third kappa shape index (κ3) is 4.33. The number of carbonyl (C=O) groups excluding carboxylic acids is 1. The SMILES string of the molecule is COc1ccc(CCC(=O)c2cccs2)cc1OC(C)C. The fraction of sp³-hybridized carbons (Fsp3) is 0.353. The van der Waals surface area contributed by atoms with Gasteiger partial charge in [0.1, 0.15) is 0 Å². The molecule has 0 saturated heterocycles. The van der Waals surface area contributed by atoms with Gasteiger partial charge in [-0.05, 0) is 49.4 Å². The zero-order valence-corrected chi connectivity index (χ0v) is 13.4. The zero-order valence-electron chi connectivity index (χ0n) is 12.6. The lowest BCUT2D eigenvalue weighted by molar-refractivity contribution is 0.0986. The van der Waals surface area contributed by atoms with Gasteiger partial charge in [0, 0.05) is 6.42 Å². The molecule has 0 saturated carbocycles. The first-order valence-corrected chi connectivity index (χ1v) is 7.88. The molecule has 0 fully saturated rings. The van der Waals surface area contributed by atoms with Crippen molar-refractivity contribution in [3.63, 3.8) is 0 Å². The van der Waals surface area contributed by atoms with Crippen molar-refractivity contribution in [3.05, 3.63) is 46.2 Å². The van der Waals surface area contributed by atoms with Crippen molar-refractivity contribution in [2.24, 2.45) is 0 Å². The van der Waals surface area contributed by atoms with Gasteiger partial charge < -0.3 is 9.47 Å². The molecule has 0 N–H and O–H groups in total. The Bertz CT molecular complexity index is 588. The summed E-state index contributed by atoms with van der Waals surface area (Å²) in [5.74, 6) is 1.64. The molecule has 3 nitrogen and oxygen atoms in total. The summed E-state index contributed by atoms with van der Waals surface area (Å²) in [6.07, 6.45) is 1.30. The quantitative estimate of drug-likeness (QED) is 0.713. The van der Waals surface area contributed by atoms with Crippen molar-refractivity contribution in [1.82, 2.24) is 0 Å². The molecule has 0 bridgehead atoms. The number of methoxy groups -OCH3 is 1. The highest BCUT2D eigenvalue weighted by atomic mass is 32.1. The topological polar surface area (TPSA) is 35.5 Å². The first kappa shape index (κ1) is 15.6. The summed E-state index contributed by atoms with van der Waals surface area (Å²) in [7, 11) is 1.63. The molecule has 1 aromatic carbocycles. The van der Waals surface area contributed by atoms with Crippen LogP contribution in [0.3, 0.4) is 0 Å². The fourth-order valence-electron chi connectivity index (χ4n) is 2.04. The van der Waals surface area contributed by atoms with Crippen molar-refractivity contribution in [1.29, 1.82) is 0 Å². The Kier molecular flexibility index (Phi) is 5.39. The highest BCUT2D eigenvalue weighted by Gasteiger charge is 2.10.